The summed E-state index contributed by atoms with van der Waals surface area (Å²) in [5.74, 6) is -1.05. The summed E-state index contributed by atoms with van der Waals surface area (Å²) in [5.41, 5.74) is -0.0423. The van der Waals surface area contributed by atoms with Gasteiger partial charge in [0, 0.05) is 11.6 Å². The molecule has 2 rings (SSSR count). The molecule has 110 valence electrons. The maximum absolute atomic E-state index is 13.5. The van der Waals surface area contributed by atoms with E-state index < -0.39 is 11.7 Å². The largest absolute Gasteiger partial charge is 0.376 e. The van der Waals surface area contributed by atoms with Crippen LogP contribution in [0.25, 0.3) is 0 Å². The zero-order chi connectivity index (χ0) is 14.4. The van der Waals surface area contributed by atoms with Crippen LogP contribution < -0.4 is 10.6 Å². The fraction of sp³-hybridized carbons (Fsp3) is 0.500. The number of benzene rings is 1. The predicted molar refractivity (Wildman–Crippen MR) is 75.6 cm³/mol. The minimum absolute atomic E-state index is 0.0423. The molecule has 2 N–H and O–H groups in total. The van der Waals surface area contributed by atoms with Gasteiger partial charge in [0.15, 0.2) is 0 Å². The highest BCUT2D eigenvalue weighted by atomic mass is 35.5. The number of ether oxygens (including phenoxy) is 1. The van der Waals surface area contributed by atoms with Crippen molar-refractivity contribution in [3.8, 4) is 0 Å². The zero-order valence-corrected chi connectivity index (χ0v) is 11.9. The van der Waals surface area contributed by atoms with Crippen LogP contribution in [-0.2, 0) is 4.74 Å². The lowest BCUT2D eigenvalue weighted by Gasteiger charge is -2.22. The third-order valence-corrected chi connectivity index (χ3v) is 3.44. The van der Waals surface area contributed by atoms with Crippen molar-refractivity contribution in [1.29, 1.82) is 0 Å². The van der Waals surface area contributed by atoms with E-state index >= 15 is 0 Å². The molecule has 0 bridgehead atoms. The van der Waals surface area contributed by atoms with Crippen molar-refractivity contribution in [3.05, 3.63) is 34.6 Å². The monoisotopic (exact) mass is 300 g/mol. The molecule has 6 heteroatoms. The second kappa shape index (κ2) is 7.57. The molecule has 0 aromatic heterocycles. The number of hydrogen-bond donors (Lipinski definition) is 2. The Morgan fingerprint density at radius 1 is 1.45 bits per heavy atom. The summed E-state index contributed by atoms with van der Waals surface area (Å²) in [6, 6.07) is 3.91. The number of rotatable bonds is 5. The molecule has 1 saturated heterocycles. The Balaban J connectivity index is 1.73. The van der Waals surface area contributed by atoms with E-state index in [4.69, 9.17) is 16.3 Å². The summed E-state index contributed by atoms with van der Waals surface area (Å²) >= 11 is 5.75. The first-order valence-electron chi connectivity index (χ1n) is 6.72. The smallest absolute Gasteiger partial charge is 0.254 e. The standard InChI is InChI=1S/C14H18ClFN2O2/c15-10-1-2-13(16)12(9-10)14(19)18-7-8-20-11-3-5-17-6-4-11/h1-2,9,11,17H,3-8H2,(H,18,19). The van der Waals surface area contributed by atoms with E-state index in [1.54, 1.807) is 0 Å². The topological polar surface area (TPSA) is 50.4 Å². The maximum Gasteiger partial charge on any atom is 0.254 e. The molecule has 1 aliphatic heterocycles. The van der Waals surface area contributed by atoms with E-state index in [0.717, 1.165) is 25.9 Å². The van der Waals surface area contributed by atoms with Gasteiger partial charge in [0.1, 0.15) is 5.82 Å². The van der Waals surface area contributed by atoms with Crippen molar-refractivity contribution in [2.24, 2.45) is 0 Å². The van der Waals surface area contributed by atoms with E-state index in [-0.39, 0.29) is 11.7 Å². The zero-order valence-electron chi connectivity index (χ0n) is 11.1. The second-order valence-corrected chi connectivity index (χ2v) is 5.14. The van der Waals surface area contributed by atoms with E-state index in [1.165, 1.54) is 18.2 Å². The number of halogens is 2. The van der Waals surface area contributed by atoms with Crippen LogP contribution in [0, 0.1) is 5.82 Å². The highest BCUT2D eigenvalue weighted by molar-refractivity contribution is 6.30. The molecule has 1 aromatic carbocycles. The molecule has 0 unspecified atom stereocenters. The summed E-state index contributed by atoms with van der Waals surface area (Å²) in [7, 11) is 0. The Kier molecular flexibility index (Phi) is 5.76. The molecule has 1 fully saturated rings. The molecular weight excluding hydrogens is 283 g/mol. The highest BCUT2D eigenvalue weighted by Crippen LogP contribution is 2.14. The lowest BCUT2D eigenvalue weighted by atomic mass is 10.1. The van der Waals surface area contributed by atoms with Crippen molar-refractivity contribution in [1.82, 2.24) is 10.6 Å². The van der Waals surface area contributed by atoms with Crippen LogP contribution in [0.5, 0.6) is 0 Å². The van der Waals surface area contributed by atoms with Crippen molar-refractivity contribution in [2.75, 3.05) is 26.2 Å². The quantitative estimate of drug-likeness (QED) is 0.818. The first-order valence-corrected chi connectivity index (χ1v) is 7.10. The number of nitrogens with one attached hydrogen (secondary N) is 2. The van der Waals surface area contributed by atoms with Gasteiger partial charge in [-0.2, -0.15) is 0 Å². The Hall–Kier alpha value is -1.17. The summed E-state index contributed by atoms with van der Waals surface area (Å²) < 4.78 is 19.1. The molecule has 0 spiro atoms. The number of carbonyl (C=O) groups excluding carboxylic acids is 1. The predicted octanol–water partition coefficient (Wildman–Crippen LogP) is 1.98. The first-order chi connectivity index (χ1) is 9.66. The van der Waals surface area contributed by atoms with Gasteiger partial charge in [-0.25, -0.2) is 4.39 Å². The van der Waals surface area contributed by atoms with Gasteiger partial charge in [0.05, 0.1) is 18.3 Å². The van der Waals surface area contributed by atoms with E-state index in [2.05, 4.69) is 10.6 Å². The van der Waals surface area contributed by atoms with Crippen LogP contribution in [-0.4, -0.2) is 38.3 Å². The van der Waals surface area contributed by atoms with Crippen molar-refractivity contribution in [2.45, 2.75) is 18.9 Å². The van der Waals surface area contributed by atoms with Crippen LogP contribution in [0.1, 0.15) is 23.2 Å². The molecule has 0 aliphatic carbocycles. The van der Waals surface area contributed by atoms with Gasteiger partial charge >= 0.3 is 0 Å². The molecule has 20 heavy (non-hydrogen) atoms. The Morgan fingerprint density at radius 3 is 2.95 bits per heavy atom. The molecule has 0 saturated carbocycles. The Labute approximate surface area is 122 Å². The average Bonchev–Trinajstić information content (AvgIpc) is 2.47. The van der Waals surface area contributed by atoms with Gasteiger partial charge in [-0.1, -0.05) is 11.6 Å². The van der Waals surface area contributed by atoms with Gasteiger partial charge < -0.3 is 15.4 Å². The van der Waals surface area contributed by atoms with Crippen LogP contribution >= 0.6 is 11.6 Å². The Morgan fingerprint density at radius 2 is 2.20 bits per heavy atom. The fourth-order valence-electron chi connectivity index (χ4n) is 2.12. The van der Waals surface area contributed by atoms with Crippen molar-refractivity contribution in [3.63, 3.8) is 0 Å². The van der Waals surface area contributed by atoms with Crippen molar-refractivity contribution >= 4 is 17.5 Å². The fourth-order valence-corrected chi connectivity index (χ4v) is 2.29. The van der Waals surface area contributed by atoms with Crippen LogP contribution in [0.3, 0.4) is 0 Å². The molecule has 1 amide bonds. The van der Waals surface area contributed by atoms with Crippen LogP contribution in [0.2, 0.25) is 5.02 Å². The molecule has 1 aliphatic rings. The molecule has 0 radical (unpaired) electrons. The number of carbonyl (C=O) groups is 1. The van der Waals surface area contributed by atoms with E-state index in [1.807, 2.05) is 0 Å². The molecule has 1 heterocycles. The second-order valence-electron chi connectivity index (χ2n) is 4.70. The number of amides is 1. The summed E-state index contributed by atoms with van der Waals surface area (Å²) in [4.78, 5) is 11.8. The average molecular weight is 301 g/mol. The SMILES string of the molecule is O=C(NCCOC1CCNCC1)c1cc(Cl)ccc1F. The van der Waals surface area contributed by atoms with E-state index in [0.29, 0.717) is 18.2 Å². The molecule has 4 nitrogen and oxygen atoms in total. The molecular formula is C14H18ClFN2O2. The lowest BCUT2D eigenvalue weighted by molar-refractivity contribution is 0.0343. The molecule has 0 atom stereocenters. The van der Waals surface area contributed by atoms with Crippen LogP contribution in [0.15, 0.2) is 18.2 Å². The third kappa shape index (κ3) is 4.44. The van der Waals surface area contributed by atoms with Crippen molar-refractivity contribution < 1.29 is 13.9 Å². The number of hydrogen-bond acceptors (Lipinski definition) is 3. The van der Waals surface area contributed by atoms with Gasteiger partial charge in [-0.3, -0.25) is 4.79 Å². The first kappa shape index (κ1) is 15.2. The number of piperidine rings is 1. The summed E-state index contributed by atoms with van der Waals surface area (Å²) in [6.07, 6.45) is 2.21. The summed E-state index contributed by atoms with van der Waals surface area (Å²) in [6.45, 7) is 2.71. The summed E-state index contributed by atoms with van der Waals surface area (Å²) in [5, 5.41) is 6.22. The highest BCUT2D eigenvalue weighted by Gasteiger charge is 2.14. The van der Waals surface area contributed by atoms with Crippen LogP contribution in [0.4, 0.5) is 4.39 Å². The minimum Gasteiger partial charge on any atom is -0.376 e. The minimum atomic E-state index is -0.578. The van der Waals surface area contributed by atoms with Gasteiger partial charge in [0.2, 0.25) is 0 Å². The lowest BCUT2D eigenvalue weighted by Crippen LogP contribution is -2.35. The van der Waals surface area contributed by atoms with E-state index in [9.17, 15) is 9.18 Å². The normalized spacial score (nSPS) is 16.1. The Bertz CT molecular complexity index is 464. The van der Waals surface area contributed by atoms with Gasteiger partial charge in [-0.15, -0.1) is 0 Å². The molecule has 1 aromatic rings. The maximum atomic E-state index is 13.5. The third-order valence-electron chi connectivity index (χ3n) is 3.20. The van der Waals surface area contributed by atoms with Gasteiger partial charge in [-0.05, 0) is 44.1 Å². The van der Waals surface area contributed by atoms with Gasteiger partial charge in [0.25, 0.3) is 5.91 Å².